The molecular weight excluding hydrogens is 318 g/mol. The zero-order valence-electron chi connectivity index (χ0n) is 14.0. The molecule has 1 unspecified atom stereocenters. The molecule has 1 amide bonds. The lowest BCUT2D eigenvalue weighted by molar-refractivity contribution is 0.0923. The first-order valence-electron chi connectivity index (χ1n) is 8.42. The highest BCUT2D eigenvalue weighted by molar-refractivity contribution is 5.92. The van der Waals surface area contributed by atoms with E-state index < -0.39 is 0 Å². The fourth-order valence-electron chi connectivity index (χ4n) is 3.17. The van der Waals surface area contributed by atoms with Gasteiger partial charge in [-0.15, -0.1) is 10.2 Å². The molecule has 1 aliphatic rings. The summed E-state index contributed by atoms with van der Waals surface area (Å²) < 4.78 is 7.12. The molecule has 7 nitrogen and oxygen atoms in total. The molecule has 1 atom stereocenters. The van der Waals surface area contributed by atoms with E-state index in [2.05, 4.69) is 25.2 Å². The molecule has 3 aromatic rings. The summed E-state index contributed by atoms with van der Waals surface area (Å²) in [5.41, 5.74) is 1.38. The zero-order chi connectivity index (χ0) is 17.2. The summed E-state index contributed by atoms with van der Waals surface area (Å²) in [5, 5.41) is 15.5. The van der Waals surface area contributed by atoms with Crippen LogP contribution in [0.4, 0.5) is 0 Å². The predicted octanol–water partition coefficient (Wildman–Crippen LogP) is 2.38. The van der Waals surface area contributed by atoms with E-state index in [1.807, 2.05) is 30.3 Å². The fraction of sp³-hybridized carbons (Fsp3) is 0.333. The Labute approximate surface area is 145 Å². The summed E-state index contributed by atoms with van der Waals surface area (Å²) in [4.78, 5) is 12.3. The molecule has 4 rings (SSSR count). The molecule has 0 radical (unpaired) electrons. The lowest BCUT2D eigenvalue weighted by Gasteiger charge is -2.15. The average Bonchev–Trinajstić information content (AvgIpc) is 3.19. The maximum atomic E-state index is 12.3. The van der Waals surface area contributed by atoms with E-state index >= 15 is 0 Å². The van der Waals surface area contributed by atoms with Gasteiger partial charge in [-0.2, -0.15) is 0 Å². The minimum absolute atomic E-state index is 0.0785. The monoisotopic (exact) mass is 337 g/mol. The van der Waals surface area contributed by atoms with Crippen molar-refractivity contribution < 1.29 is 9.32 Å². The second-order valence-corrected chi connectivity index (χ2v) is 6.28. The molecule has 0 bridgehead atoms. The molecule has 2 aromatic heterocycles. The quantitative estimate of drug-likeness (QED) is 0.793. The molecule has 0 saturated carbocycles. The Bertz CT molecular complexity index is 884. The highest BCUT2D eigenvalue weighted by atomic mass is 16.5. The Morgan fingerprint density at radius 1 is 1.24 bits per heavy atom. The van der Waals surface area contributed by atoms with E-state index in [9.17, 15) is 4.79 Å². The van der Waals surface area contributed by atoms with Crippen LogP contribution in [-0.4, -0.2) is 31.9 Å². The van der Waals surface area contributed by atoms with Gasteiger partial charge in [-0.05, 0) is 19.8 Å². The number of nitrogens with one attached hydrogen (secondary N) is 1. The molecule has 1 aliphatic heterocycles. The van der Waals surface area contributed by atoms with Gasteiger partial charge < -0.3 is 14.4 Å². The molecule has 7 heteroatoms. The van der Waals surface area contributed by atoms with Crippen LogP contribution in [0, 0.1) is 6.92 Å². The van der Waals surface area contributed by atoms with Gasteiger partial charge in [0.15, 0.2) is 11.5 Å². The minimum atomic E-state index is -0.192. The lowest BCUT2D eigenvalue weighted by atomic mass is 10.1. The summed E-state index contributed by atoms with van der Waals surface area (Å²) in [7, 11) is 0. The van der Waals surface area contributed by atoms with Crippen molar-refractivity contribution in [2.75, 3.05) is 0 Å². The van der Waals surface area contributed by atoms with E-state index in [1.54, 1.807) is 13.0 Å². The van der Waals surface area contributed by atoms with Gasteiger partial charge in [0.1, 0.15) is 11.6 Å². The van der Waals surface area contributed by atoms with Gasteiger partial charge in [0.05, 0.1) is 0 Å². The first kappa shape index (κ1) is 15.6. The van der Waals surface area contributed by atoms with E-state index in [1.165, 1.54) is 0 Å². The molecular formula is C18H19N5O2. The van der Waals surface area contributed by atoms with Gasteiger partial charge in [-0.3, -0.25) is 4.79 Å². The second kappa shape index (κ2) is 6.51. The van der Waals surface area contributed by atoms with Crippen LogP contribution in [0.25, 0.3) is 11.4 Å². The van der Waals surface area contributed by atoms with Crippen molar-refractivity contribution >= 4 is 5.91 Å². The Morgan fingerprint density at radius 2 is 2.08 bits per heavy atom. The number of hydrogen-bond donors (Lipinski definition) is 1. The zero-order valence-corrected chi connectivity index (χ0v) is 14.0. The molecule has 0 saturated heterocycles. The molecule has 0 aliphatic carbocycles. The number of benzene rings is 1. The van der Waals surface area contributed by atoms with Crippen LogP contribution in [0.5, 0.6) is 0 Å². The lowest BCUT2D eigenvalue weighted by Crippen LogP contribution is -2.35. The van der Waals surface area contributed by atoms with Crippen molar-refractivity contribution in [1.29, 1.82) is 0 Å². The number of nitrogens with zero attached hydrogens (tertiary/aromatic N) is 4. The van der Waals surface area contributed by atoms with Crippen LogP contribution >= 0.6 is 0 Å². The summed E-state index contributed by atoms with van der Waals surface area (Å²) in [6.07, 6.45) is 2.44. The Morgan fingerprint density at radius 3 is 2.84 bits per heavy atom. The highest BCUT2D eigenvalue weighted by Gasteiger charge is 2.23. The highest BCUT2D eigenvalue weighted by Crippen LogP contribution is 2.22. The van der Waals surface area contributed by atoms with Crippen molar-refractivity contribution in [3.8, 4) is 11.4 Å². The number of rotatable bonds is 3. The van der Waals surface area contributed by atoms with Gasteiger partial charge in [0.25, 0.3) is 5.91 Å². The van der Waals surface area contributed by atoms with Crippen molar-refractivity contribution in [3.05, 3.63) is 53.7 Å². The van der Waals surface area contributed by atoms with E-state index in [0.29, 0.717) is 11.5 Å². The summed E-state index contributed by atoms with van der Waals surface area (Å²) >= 11 is 0. The third-order valence-corrected chi connectivity index (χ3v) is 4.47. The number of hydrogen-bond acceptors (Lipinski definition) is 5. The number of amides is 1. The summed E-state index contributed by atoms with van der Waals surface area (Å²) in [5.74, 6) is 2.29. The van der Waals surface area contributed by atoms with Crippen LogP contribution in [0.15, 0.2) is 40.9 Å². The van der Waals surface area contributed by atoms with Crippen molar-refractivity contribution in [1.82, 2.24) is 25.2 Å². The Hall–Kier alpha value is -2.96. The van der Waals surface area contributed by atoms with E-state index in [-0.39, 0.29) is 11.9 Å². The van der Waals surface area contributed by atoms with Crippen LogP contribution in [0.1, 0.15) is 34.9 Å². The van der Waals surface area contributed by atoms with Gasteiger partial charge in [-0.25, -0.2) is 0 Å². The maximum absolute atomic E-state index is 12.3. The smallest absolute Gasteiger partial charge is 0.273 e. The fourth-order valence-corrected chi connectivity index (χ4v) is 3.17. The normalized spacial score (nSPS) is 16.9. The van der Waals surface area contributed by atoms with Gasteiger partial charge in [0, 0.05) is 30.6 Å². The molecule has 1 aromatic carbocycles. The van der Waals surface area contributed by atoms with Gasteiger partial charge in [0.2, 0.25) is 0 Å². The number of fused-ring (bicyclic) bond motifs is 1. The number of aryl methyl sites for hydroxylation is 2. The van der Waals surface area contributed by atoms with Crippen LogP contribution in [-0.2, 0) is 13.0 Å². The first-order valence-corrected chi connectivity index (χ1v) is 8.42. The summed E-state index contributed by atoms with van der Waals surface area (Å²) in [6.45, 7) is 2.54. The minimum Gasteiger partial charge on any atom is -0.361 e. The molecule has 1 N–H and O–H groups in total. The molecule has 25 heavy (non-hydrogen) atoms. The first-order chi connectivity index (χ1) is 12.2. The molecule has 0 fully saturated rings. The topological polar surface area (TPSA) is 85.8 Å². The van der Waals surface area contributed by atoms with E-state index in [0.717, 1.165) is 43.0 Å². The third kappa shape index (κ3) is 3.17. The molecule has 0 spiro atoms. The standard InChI is InChI=1S/C18H19N5O2/c1-12-11-15(22-25-12)18(24)19-14-7-8-16-20-21-17(23(16)10-9-14)13-5-3-2-4-6-13/h2-6,11,14H,7-10H2,1H3,(H,19,24). The van der Waals surface area contributed by atoms with Crippen LogP contribution in [0.3, 0.4) is 0 Å². The molecule has 128 valence electrons. The Balaban J connectivity index is 1.47. The van der Waals surface area contributed by atoms with E-state index in [4.69, 9.17) is 4.52 Å². The summed E-state index contributed by atoms with van der Waals surface area (Å²) in [6, 6.07) is 11.8. The van der Waals surface area contributed by atoms with Crippen LogP contribution < -0.4 is 5.32 Å². The van der Waals surface area contributed by atoms with Crippen LogP contribution in [0.2, 0.25) is 0 Å². The second-order valence-electron chi connectivity index (χ2n) is 6.28. The number of carbonyl (C=O) groups is 1. The number of carbonyl (C=O) groups excluding carboxylic acids is 1. The average molecular weight is 337 g/mol. The van der Waals surface area contributed by atoms with Crippen molar-refractivity contribution in [2.45, 2.75) is 38.8 Å². The van der Waals surface area contributed by atoms with Crippen molar-refractivity contribution in [3.63, 3.8) is 0 Å². The van der Waals surface area contributed by atoms with Gasteiger partial charge in [-0.1, -0.05) is 35.5 Å². The Kier molecular flexibility index (Phi) is 4.05. The SMILES string of the molecule is Cc1cc(C(=O)NC2CCc3nnc(-c4ccccc4)n3CC2)no1. The number of aromatic nitrogens is 4. The predicted molar refractivity (Wildman–Crippen MR) is 90.9 cm³/mol. The largest absolute Gasteiger partial charge is 0.361 e. The third-order valence-electron chi connectivity index (χ3n) is 4.47. The maximum Gasteiger partial charge on any atom is 0.273 e. The molecule has 3 heterocycles. The van der Waals surface area contributed by atoms with Crippen molar-refractivity contribution in [2.24, 2.45) is 0 Å². The van der Waals surface area contributed by atoms with Gasteiger partial charge >= 0.3 is 0 Å².